The van der Waals surface area contributed by atoms with Crippen molar-refractivity contribution in [2.75, 3.05) is 12.3 Å². The lowest BCUT2D eigenvalue weighted by molar-refractivity contribution is 0.519. The minimum atomic E-state index is -2.99. The van der Waals surface area contributed by atoms with E-state index in [1.807, 2.05) is 0 Å². The predicted octanol–water partition coefficient (Wildman–Crippen LogP) is 1.88. The molecule has 2 unspecified atom stereocenters. The summed E-state index contributed by atoms with van der Waals surface area (Å²) >= 11 is 3.57. The molecule has 0 bridgehead atoms. The van der Waals surface area contributed by atoms with E-state index in [1.165, 1.54) is 6.42 Å². The highest BCUT2D eigenvalue weighted by atomic mass is 79.9. The van der Waals surface area contributed by atoms with Gasteiger partial charge in [-0.25, -0.2) is 13.1 Å². The van der Waals surface area contributed by atoms with E-state index in [4.69, 9.17) is 0 Å². The molecule has 2 rings (SSSR count). The normalized spacial score (nSPS) is 32.1. The van der Waals surface area contributed by atoms with E-state index in [0.29, 0.717) is 29.0 Å². The fraction of sp³-hybridized carbons (Fsp3) is 1.00. The van der Waals surface area contributed by atoms with Crippen LogP contribution in [0.5, 0.6) is 0 Å². The summed E-state index contributed by atoms with van der Waals surface area (Å²) in [5, 5.41) is 0. The molecule has 2 saturated carbocycles. The van der Waals surface area contributed by atoms with Crippen LogP contribution in [-0.4, -0.2) is 25.5 Å². The highest BCUT2D eigenvalue weighted by molar-refractivity contribution is 9.09. The first-order chi connectivity index (χ1) is 7.05. The quantitative estimate of drug-likeness (QED) is 0.787. The number of hydrogen-bond donors (Lipinski definition) is 1. The summed E-state index contributed by atoms with van der Waals surface area (Å²) in [5.74, 6) is 1.32. The summed E-state index contributed by atoms with van der Waals surface area (Å²) < 4.78 is 25.9. The minimum absolute atomic E-state index is 0.345. The van der Waals surface area contributed by atoms with Gasteiger partial charge in [0.15, 0.2) is 0 Å². The van der Waals surface area contributed by atoms with Crippen LogP contribution in [0.1, 0.15) is 32.1 Å². The lowest BCUT2D eigenvalue weighted by Crippen LogP contribution is -2.31. The van der Waals surface area contributed by atoms with Crippen molar-refractivity contribution >= 4 is 26.0 Å². The molecule has 0 amide bonds. The first kappa shape index (κ1) is 11.9. The van der Waals surface area contributed by atoms with Crippen LogP contribution in [0.2, 0.25) is 0 Å². The van der Waals surface area contributed by atoms with Gasteiger partial charge in [0.05, 0.1) is 5.75 Å². The molecule has 0 heterocycles. The molecule has 0 aromatic rings. The first-order valence-electron chi connectivity index (χ1n) is 5.66. The van der Waals surface area contributed by atoms with Crippen LogP contribution in [0.25, 0.3) is 0 Å². The number of hydrogen-bond acceptors (Lipinski definition) is 2. The lowest BCUT2D eigenvalue weighted by atomic mass is 10.1. The fourth-order valence-electron chi connectivity index (χ4n) is 2.10. The fourth-order valence-corrected chi connectivity index (χ4v) is 4.45. The van der Waals surface area contributed by atoms with E-state index < -0.39 is 10.0 Å². The van der Waals surface area contributed by atoms with Crippen molar-refractivity contribution in [2.24, 2.45) is 11.8 Å². The number of nitrogens with one attached hydrogen (secondary N) is 1. The van der Waals surface area contributed by atoms with Gasteiger partial charge in [0.2, 0.25) is 10.0 Å². The molecule has 15 heavy (non-hydrogen) atoms. The second-order valence-corrected chi connectivity index (χ2v) is 8.00. The Hall–Kier alpha value is 0.390. The average molecular weight is 296 g/mol. The van der Waals surface area contributed by atoms with Crippen LogP contribution >= 0.6 is 15.9 Å². The molecule has 2 fully saturated rings. The monoisotopic (exact) mass is 295 g/mol. The van der Waals surface area contributed by atoms with E-state index in [9.17, 15) is 8.42 Å². The third kappa shape index (κ3) is 4.04. The Kier molecular flexibility index (Phi) is 3.73. The van der Waals surface area contributed by atoms with Crippen molar-refractivity contribution in [2.45, 2.75) is 36.9 Å². The van der Waals surface area contributed by atoms with Crippen molar-refractivity contribution in [3.05, 3.63) is 0 Å². The second-order valence-electron chi connectivity index (χ2n) is 4.85. The lowest BCUT2D eigenvalue weighted by Gasteiger charge is -2.11. The molecule has 0 aliphatic heterocycles. The van der Waals surface area contributed by atoms with Gasteiger partial charge in [-0.3, -0.25) is 0 Å². The van der Waals surface area contributed by atoms with E-state index in [1.54, 1.807) is 0 Å². The molecule has 3 nitrogen and oxygen atoms in total. The van der Waals surface area contributed by atoms with Crippen LogP contribution in [0.4, 0.5) is 0 Å². The van der Waals surface area contributed by atoms with Crippen molar-refractivity contribution in [3.8, 4) is 0 Å². The standard InChI is InChI=1S/C10H18BrNO2S/c11-10-4-3-9(5-10)6-12-15(13,14)7-8-1-2-8/h8-10,12H,1-7H2. The Bertz CT molecular complexity index is 313. The van der Waals surface area contributed by atoms with E-state index in [2.05, 4.69) is 20.7 Å². The van der Waals surface area contributed by atoms with Gasteiger partial charge < -0.3 is 0 Å². The maximum Gasteiger partial charge on any atom is 0.211 e. The maximum absolute atomic E-state index is 11.6. The topological polar surface area (TPSA) is 46.2 Å². The zero-order valence-electron chi connectivity index (χ0n) is 8.78. The second kappa shape index (κ2) is 4.72. The smallest absolute Gasteiger partial charge is 0.211 e. The maximum atomic E-state index is 11.6. The SMILES string of the molecule is O=S(=O)(CC1CC1)NCC1CCC(Br)C1. The molecule has 2 aliphatic carbocycles. The van der Waals surface area contributed by atoms with Gasteiger partial charge in [-0.15, -0.1) is 0 Å². The molecule has 88 valence electrons. The summed E-state index contributed by atoms with van der Waals surface area (Å²) in [6.07, 6.45) is 5.60. The minimum Gasteiger partial charge on any atom is -0.215 e. The number of alkyl halides is 1. The molecular weight excluding hydrogens is 278 g/mol. The summed E-state index contributed by atoms with van der Waals surface area (Å²) in [6, 6.07) is 0. The van der Waals surface area contributed by atoms with Gasteiger partial charge in [0, 0.05) is 11.4 Å². The summed E-state index contributed by atoms with van der Waals surface area (Å²) in [6.45, 7) is 0.636. The van der Waals surface area contributed by atoms with Crippen molar-refractivity contribution in [1.82, 2.24) is 4.72 Å². The zero-order chi connectivity index (χ0) is 10.9. The predicted molar refractivity (Wildman–Crippen MR) is 64.6 cm³/mol. The van der Waals surface area contributed by atoms with Crippen molar-refractivity contribution in [1.29, 1.82) is 0 Å². The highest BCUT2D eigenvalue weighted by Gasteiger charge is 2.29. The third-order valence-corrected chi connectivity index (χ3v) is 5.57. The molecule has 5 heteroatoms. The van der Waals surface area contributed by atoms with Gasteiger partial charge in [-0.1, -0.05) is 15.9 Å². The Morgan fingerprint density at radius 3 is 2.33 bits per heavy atom. The average Bonchev–Trinajstić information content (AvgIpc) is 2.83. The van der Waals surface area contributed by atoms with Crippen LogP contribution in [0, 0.1) is 11.8 Å². The highest BCUT2D eigenvalue weighted by Crippen LogP contribution is 2.31. The molecule has 2 atom stereocenters. The first-order valence-corrected chi connectivity index (χ1v) is 8.23. The van der Waals surface area contributed by atoms with Gasteiger partial charge in [0.25, 0.3) is 0 Å². The van der Waals surface area contributed by atoms with Crippen molar-refractivity contribution < 1.29 is 8.42 Å². The summed E-state index contributed by atoms with van der Waals surface area (Å²) in [7, 11) is -2.99. The molecule has 1 N–H and O–H groups in total. The molecule has 0 saturated heterocycles. The van der Waals surface area contributed by atoms with Gasteiger partial charge in [-0.05, 0) is 43.9 Å². The van der Waals surface area contributed by atoms with E-state index >= 15 is 0 Å². The molecule has 0 aromatic carbocycles. The molecule has 0 spiro atoms. The summed E-state index contributed by atoms with van der Waals surface area (Å²) in [4.78, 5) is 0.593. The van der Waals surface area contributed by atoms with Crippen LogP contribution < -0.4 is 4.72 Å². The summed E-state index contributed by atoms with van der Waals surface area (Å²) in [5.41, 5.74) is 0. The zero-order valence-corrected chi connectivity index (χ0v) is 11.2. The van der Waals surface area contributed by atoms with Gasteiger partial charge >= 0.3 is 0 Å². The van der Waals surface area contributed by atoms with Crippen molar-refractivity contribution in [3.63, 3.8) is 0 Å². The Morgan fingerprint density at radius 1 is 1.13 bits per heavy atom. The largest absolute Gasteiger partial charge is 0.215 e. The number of halogens is 1. The molecule has 2 aliphatic rings. The Morgan fingerprint density at radius 2 is 1.80 bits per heavy atom. The van der Waals surface area contributed by atoms with Gasteiger partial charge in [-0.2, -0.15) is 0 Å². The Balaban J connectivity index is 1.72. The van der Waals surface area contributed by atoms with E-state index in [0.717, 1.165) is 25.7 Å². The van der Waals surface area contributed by atoms with Gasteiger partial charge in [0.1, 0.15) is 0 Å². The molecular formula is C10H18BrNO2S. The molecule has 0 aromatic heterocycles. The number of sulfonamides is 1. The number of rotatable bonds is 5. The van der Waals surface area contributed by atoms with Crippen LogP contribution in [-0.2, 0) is 10.0 Å². The van der Waals surface area contributed by atoms with Crippen LogP contribution in [0.3, 0.4) is 0 Å². The Labute approximate surface area is 100 Å². The van der Waals surface area contributed by atoms with Crippen LogP contribution in [0.15, 0.2) is 0 Å². The molecule has 0 radical (unpaired) electrons. The third-order valence-electron chi connectivity index (χ3n) is 3.22. The van der Waals surface area contributed by atoms with E-state index in [-0.39, 0.29) is 0 Å².